The molecule has 1 N–H and O–H groups in total. The normalized spacial score (nSPS) is 18.5. The molecule has 0 amide bonds. The van der Waals surface area contributed by atoms with E-state index in [-0.39, 0.29) is 0 Å². The molecule has 1 aromatic rings. The number of benzene rings is 1. The Morgan fingerprint density at radius 1 is 1.23 bits per heavy atom. The Bertz CT molecular complexity index is 287. The lowest BCUT2D eigenvalue weighted by atomic mass is 9.99. The van der Waals surface area contributed by atoms with Crippen LogP contribution in [0.2, 0.25) is 0 Å². The van der Waals surface area contributed by atoms with Crippen LogP contribution in [0.15, 0.2) is 24.3 Å². The number of hydrogen-bond acceptors (Lipinski definition) is 1. The lowest BCUT2D eigenvalue weighted by Crippen LogP contribution is -2.05. The van der Waals surface area contributed by atoms with Crippen molar-refractivity contribution in [3.63, 3.8) is 0 Å². The maximum atomic E-state index is 9.12. The van der Waals surface area contributed by atoms with Crippen molar-refractivity contribution in [2.75, 3.05) is 5.33 Å². The monoisotopic (exact) mass is 240 g/mol. The SMILES string of the molecule is Oc1ccc(CC2(CBr)CC2)cc1. The molecular weight excluding hydrogens is 228 g/mol. The second-order valence-corrected chi connectivity index (χ2v) is 4.54. The Kier molecular flexibility index (Phi) is 2.33. The Labute approximate surface area is 86.9 Å². The number of rotatable bonds is 3. The maximum Gasteiger partial charge on any atom is 0.115 e. The summed E-state index contributed by atoms with van der Waals surface area (Å²) in [4.78, 5) is 0. The first-order chi connectivity index (χ1) is 6.24. The van der Waals surface area contributed by atoms with Gasteiger partial charge in [0.25, 0.3) is 0 Å². The second-order valence-electron chi connectivity index (χ2n) is 3.98. The molecule has 0 atom stereocenters. The van der Waals surface area contributed by atoms with Crippen molar-refractivity contribution in [1.29, 1.82) is 0 Å². The molecule has 0 radical (unpaired) electrons. The molecule has 0 heterocycles. The van der Waals surface area contributed by atoms with E-state index in [9.17, 15) is 0 Å². The molecule has 0 unspecified atom stereocenters. The molecule has 1 nitrogen and oxygen atoms in total. The minimum Gasteiger partial charge on any atom is -0.508 e. The molecule has 0 spiro atoms. The third kappa shape index (κ3) is 2.05. The summed E-state index contributed by atoms with van der Waals surface area (Å²) >= 11 is 3.56. The highest BCUT2D eigenvalue weighted by Crippen LogP contribution is 2.49. The van der Waals surface area contributed by atoms with Gasteiger partial charge < -0.3 is 5.11 Å². The van der Waals surface area contributed by atoms with Crippen LogP contribution < -0.4 is 0 Å². The van der Waals surface area contributed by atoms with Crippen molar-refractivity contribution in [2.45, 2.75) is 19.3 Å². The summed E-state index contributed by atoms with van der Waals surface area (Å²) in [5.41, 5.74) is 1.85. The Morgan fingerprint density at radius 2 is 1.85 bits per heavy atom. The second kappa shape index (κ2) is 3.33. The van der Waals surface area contributed by atoms with Gasteiger partial charge in [0.15, 0.2) is 0 Å². The fourth-order valence-electron chi connectivity index (χ4n) is 1.58. The van der Waals surface area contributed by atoms with Gasteiger partial charge in [-0.1, -0.05) is 28.1 Å². The molecule has 2 heteroatoms. The summed E-state index contributed by atoms with van der Waals surface area (Å²) in [6.07, 6.45) is 3.80. The average molecular weight is 241 g/mol. The van der Waals surface area contributed by atoms with Crippen LogP contribution in [0.25, 0.3) is 0 Å². The Hall–Kier alpha value is -0.500. The molecule has 2 rings (SSSR count). The molecule has 0 aliphatic heterocycles. The van der Waals surface area contributed by atoms with Crippen LogP contribution in [-0.4, -0.2) is 10.4 Å². The van der Waals surface area contributed by atoms with E-state index < -0.39 is 0 Å². The number of phenols is 1. The molecule has 1 aliphatic carbocycles. The van der Waals surface area contributed by atoms with Gasteiger partial charge in [0.05, 0.1) is 0 Å². The van der Waals surface area contributed by atoms with E-state index in [4.69, 9.17) is 5.11 Å². The largest absolute Gasteiger partial charge is 0.508 e. The number of halogens is 1. The lowest BCUT2D eigenvalue weighted by molar-refractivity contribution is 0.474. The summed E-state index contributed by atoms with van der Waals surface area (Å²) < 4.78 is 0. The lowest BCUT2D eigenvalue weighted by Gasteiger charge is -2.10. The van der Waals surface area contributed by atoms with E-state index in [1.807, 2.05) is 12.1 Å². The smallest absolute Gasteiger partial charge is 0.115 e. The molecule has 13 heavy (non-hydrogen) atoms. The zero-order chi connectivity index (χ0) is 9.31. The van der Waals surface area contributed by atoms with E-state index in [1.165, 1.54) is 18.4 Å². The van der Waals surface area contributed by atoms with Crippen molar-refractivity contribution in [1.82, 2.24) is 0 Å². The molecule has 1 saturated carbocycles. The minimum absolute atomic E-state index is 0.354. The van der Waals surface area contributed by atoms with Crippen LogP contribution in [0.5, 0.6) is 5.75 Å². The minimum atomic E-state index is 0.354. The standard InChI is InChI=1S/C11H13BrO/c12-8-11(5-6-11)7-9-1-3-10(13)4-2-9/h1-4,13H,5-8H2. The molecule has 1 fully saturated rings. The zero-order valence-electron chi connectivity index (χ0n) is 7.46. The fraction of sp³-hybridized carbons (Fsp3) is 0.455. The predicted molar refractivity (Wildman–Crippen MR) is 57.3 cm³/mol. The fourth-order valence-corrected chi connectivity index (χ4v) is 2.34. The summed E-state index contributed by atoms with van der Waals surface area (Å²) in [6, 6.07) is 7.55. The molecule has 0 bridgehead atoms. The molecular formula is C11H13BrO. The Balaban J connectivity index is 2.06. The highest BCUT2D eigenvalue weighted by atomic mass is 79.9. The van der Waals surface area contributed by atoms with Crippen LogP contribution in [0.4, 0.5) is 0 Å². The topological polar surface area (TPSA) is 20.2 Å². The Morgan fingerprint density at radius 3 is 2.31 bits per heavy atom. The van der Waals surface area contributed by atoms with Crippen LogP contribution in [0.1, 0.15) is 18.4 Å². The third-order valence-corrected chi connectivity index (χ3v) is 3.95. The number of phenolic OH excluding ortho intramolecular Hbond substituents is 1. The van der Waals surface area contributed by atoms with Crippen LogP contribution >= 0.6 is 15.9 Å². The van der Waals surface area contributed by atoms with E-state index in [1.54, 1.807) is 12.1 Å². The predicted octanol–water partition coefficient (Wildman–Crippen LogP) is 3.11. The molecule has 70 valence electrons. The number of aromatic hydroxyl groups is 1. The number of alkyl halides is 1. The van der Waals surface area contributed by atoms with E-state index in [2.05, 4.69) is 15.9 Å². The highest BCUT2D eigenvalue weighted by Gasteiger charge is 2.41. The van der Waals surface area contributed by atoms with E-state index >= 15 is 0 Å². The molecule has 1 aliphatic rings. The van der Waals surface area contributed by atoms with Gasteiger partial charge in [0, 0.05) is 5.33 Å². The summed E-state index contributed by atoms with van der Waals surface area (Å²) in [5.74, 6) is 0.354. The molecule has 0 saturated heterocycles. The third-order valence-electron chi connectivity index (χ3n) is 2.76. The van der Waals surface area contributed by atoms with Crippen molar-refractivity contribution >= 4 is 15.9 Å². The summed E-state index contributed by atoms with van der Waals surface area (Å²) in [5, 5.41) is 10.2. The average Bonchev–Trinajstić information content (AvgIpc) is 2.90. The first kappa shape index (κ1) is 9.07. The first-order valence-corrected chi connectivity index (χ1v) is 5.70. The van der Waals surface area contributed by atoms with Gasteiger partial charge in [0.2, 0.25) is 0 Å². The highest BCUT2D eigenvalue weighted by molar-refractivity contribution is 9.09. The zero-order valence-corrected chi connectivity index (χ0v) is 9.05. The van der Waals surface area contributed by atoms with Crippen LogP contribution in [-0.2, 0) is 6.42 Å². The van der Waals surface area contributed by atoms with Crippen molar-refractivity contribution < 1.29 is 5.11 Å². The van der Waals surface area contributed by atoms with Crippen molar-refractivity contribution in [3.8, 4) is 5.75 Å². The van der Waals surface area contributed by atoms with Gasteiger partial charge in [-0.05, 0) is 42.4 Å². The van der Waals surface area contributed by atoms with Gasteiger partial charge in [0.1, 0.15) is 5.75 Å². The quantitative estimate of drug-likeness (QED) is 0.806. The number of hydrogen-bond donors (Lipinski definition) is 1. The van der Waals surface area contributed by atoms with E-state index in [0.29, 0.717) is 11.2 Å². The maximum absolute atomic E-state index is 9.12. The summed E-state index contributed by atoms with van der Waals surface area (Å²) in [7, 11) is 0. The van der Waals surface area contributed by atoms with Crippen LogP contribution in [0.3, 0.4) is 0 Å². The first-order valence-electron chi connectivity index (χ1n) is 4.58. The van der Waals surface area contributed by atoms with Gasteiger partial charge >= 0.3 is 0 Å². The van der Waals surface area contributed by atoms with Crippen LogP contribution in [0, 0.1) is 5.41 Å². The summed E-state index contributed by atoms with van der Waals surface area (Å²) in [6.45, 7) is 0. The van der Waals surface area contributed by atoms with Gasteiger partial charge in [-0.25, -0.2) is 0 Å². The van der Waals surface area contributed by atoms with Gasteiger partial charge in [-0.2, -0.15) is 0 Å². The molecule has 0 aromatic heterocycles. The van der Waals surface area contributed by atoms with Crippen molar-refractivity contribution in [2.24, 2.45) is 5.41 Å². The van der Waals surface area contributed by atoms with Crippen molar-refractivity contribution in [3.05, 3.63) is 29.8 Å². The van der Waals surface area contributed by atoms with E-state index in [0.717, 1.165) is 11.8 Å². The van der Waals surface area contributed by atoms with Gasteiger partial charge in [-0.15, -0.1) is 0 Å². The van der Waals surface area contributed by atoms with Gasteiger partial charge in [-0.3, -0.25) is 0 Å². The molecule has 1 aromatic carbocycles.